The molecule has 0 aromatic heterocycles. The van der Waals surface area contributed by atoms with Crippen molar-refractivity contribution in [2.45, 2.75) is 26.7 Å². The molecule has 1 saturated heterocycles. The van der Waals surface area contributed by atoms with Crippen LogP contribution in [0.2, 0.25) is 0 Å². The summed E-state index contributed by atoms with van der Waals surface area (Å²) in [5, 5.41) is 3.77. The Morgan fingerprint density at radius 3 is 2.31 bits per heavy atom. The lowest BCUT2D eigenvalue weighted by molar-refractivity contribution is -0.122. The van der Waals surface area contributed by atoms with Crippen molar-refractivity contribution in [3.63, 3.8) is 0 Å². The van der Waals surface area contributed by atoms with Gasteiger partial charge in [0.1, 0.15) is 12.2 Å². The van der Waals surface area contributed by atoms with Crippen molar-refractivity contribution in [2.24, 2.45) is 0 Å². The summed E-state index contributed by atoms with van der Waals surface area (Å²) in [5.74, 6) is 0.523. The lowest BCUT2D eigenvalue weighted by Crippen LogP contribution is -2.35. The summed E-state index contributed by atoms with van der Waals surface area (Å²) in [6.07, 6.45) is 0.977. The van der Waals surface area contributed by atoms with Crippen LogP contribution in [0.25, 0.3) is 10.8 Å². The molecule has 2 radical (unpaired) electrons. The number of benzene rings is 3. The number of nitrogens with zero attached hydrogens (tertiary/aromatic N) is 1. The minimum absolute atomic E-state index is 0.0668. The zero-order valence-corrected chi connectivity index (χ0v) is 17.8. The Hall–Kier alpha value is -2.81. The van der Waals surface area contributed by atoms with Crippen LogP contribution in [0, 0.1) is 6.92 Å². The SMILES string of the molecule is CCCOc1ccc(C)c2ccccc12.O=C1CC(=O)N(c2cc[c]([Al])cc2)N1. The van der Waals surface area contributed by atoms with E-state index in [1.807, 2.05) is 12.1 Å². The van der Waals surface area contributed by atoms with Crippen LogP contribution in [0.15, 0.2) is 60.7 Å². The average Bonchev–Trinajstić information content (AvgIpc) is 3.07. The first-order valence-electron chi connectivity index (χ1n) is 9.58. The number of amides is 2. The van der Waals surface area contributed by atoms with E-state index in [4.69, 9.17) is 4.74 Å². The molecule has 1 aliphatic heterocycles. The molecule has 0 spiro atoms. The van der Waals surface area contributed by atoms with Crippen molar-refractivity contribution in [2.75, 3.05) is 11.6 Å². The highest BCUT2D eigenvalue weighted by Gasteiger charge is 2.27. The predicted molar refractivity (Wildman–Crippen MR) is 117 cm³/mol. The van der Waals surface area contributed by atoms with E-state index in [2.05, 4.69) is 72.0 Å². The molecule has 3 aromatic rings. The molecule has 0 saturated carbocycles. The lowest BCUT2D eigenvalue weighted by Gasteiger charge is -2.15. The number of ether oxygens (including phenoxy) is 1. The maximum atomic E-state index is 11.3. The van der Waals surface area contributed by atoms with Crippen molar-refractivity contribution in [1.82, 2.24) is 5.43 Å². The molecule has 1 heterocycles. The van der Waals surface area contributed by atoms with Gasteiger partial charge in [-0.15, -0.1) is 4.43 Å². The summed E-state index contributed by atoms with van der Waals surface area (Å²) < 4.78 is 6.76. The van der Waals surface area contributed by atoms with Crippen molar-refractivity contribution < 1.29 is 14.3 Å². The van der Waals surface area contributed by atoms with Gasteiger partial charge in [-0.1, -0.05) is 49.4 Å². The number of anilines is 1. The molecule has 2 amide bonds. The summed E-state index contributed by atoms with van der Waals surface area (Å²) in [4.78, 5) is 22.2. The van der Waals surface area contributed by atoms with E-state index >= 15 is 0 Å². The van der Waals surface area contributed by atoms with Gasteiger partial charge in [0.2, 0.25) is 5.91 Å². The van der Waals surface area contributed by atoms with E-state index in [9.17, 15) is 9.59 Å². The summed E-state index contributed by atoms with van der Waals surface area (Å²) in [7, 11) is 0. The van der Waals surface area contributed by atoms with E-state index in [0.717, 1.165) is 23.2 Å². The third-order valence-corrected chi connectivity index (χ3v) is 4.90. The molecular weight excluding hydrogens is 379 g/mol. The fourth-order valence-electron chi connectivity index (χ4n) is 3.03. The molecule has 1 aliphatic rings. The van der Waals surface area contributed by atoms with Crippen LogP contribution in [-0.4, -0.2) is 34.7 Å². The highest BCUT2D eigenvalue weighted by atomic mass is 27.0. The summed E-state index contributed by atoms with van der Waals surface area (Å²) in [6, 6.07) is 19.9. The minimum atomic E-state index is -0.259. The standard InChI is InChI=1S/C14H16O.C9H7N2O2.Al/c1-3-10-15-14-9-8-11(2)12-6-4-5-7-13(12)14;12-8-6-9(13)11(10-8)7-4-2-1-3-5-7;/h4-9H,3,10H2,1-2H3;2-5H,6H2,(H,10,12);. The fourth-order valence-corrected chi connectivity index (χ4v) is 3.23. The Labute approximate surface area is 179 Å². The van der Waals surface area contributed by atoms with Crippen LogP contribution in [0.1, 0.15) is 25.3 Å². The number of aryl methyl sites for hydroxylation is 1. The van der Waals surface area contributed by atoms with E-state index in [0.29, 0.717) is 5.69 Å². The van der Waals surface area contributed by atoms with Crippen molar-refractivity contribution >= 4 is 49.0 Å². The number of rotatable bonds is 4. The molecule has 6 heteroatoms. The zero-order valence-electron chi connectivity index (χ0n) is 16.6. The molecule has 0 unspecified atom stereocenters. The molecule has 5 nitrogen and oxygen atoms in total. The van der Waals surface area contributed by atoms with Crippen molar-refractivity contribution in [3.05, 3.63) is 66.2 Å². The van der Waals surface area contributed by atoms with Gasteiger partial charge in [0.15, 0.2) is 16.3 Å². The van der Waals surface area contributed by atoms with Gasteiger partial charge in [-0.3, -0.25) is 15.0 Å². The second kappa shape index (κ2) is 9.60. The highest BCUT2D eigenvalue weighted by molar-refractivity contribution is 6.32. The maximum absolute atomic E-state index is 11.3. The first kappa shape index (κ1) is 20.9. The van der Waals surface area contributed by atoms with Crippen LogP contribution in [0.3, 0.4) is 0 Å². The largest absolute Gasteiger partial charge is 0.493 e. The number of hydrogen-bond acceptors (Lipinski definition) is 3. The number of carbonyl (C=O) groups excluding carboxylic acids is 2. The topological polar surface area (TPSA) is 58.6 Å². The molecule has 0 bridgehead atoms. The maximum Gasteiger partial charge on any atom is 0.255 e. The predicted octanol–water partition coefficient (Wildman–Crippen LogP) is 3.19. The van der Waals surface area contributed by atoms with Gasteiger partial charge in [-0.2, -0.15) is 0 Å². The van der Waals surface area contributed by atoms with Crippen LogP contribution < -0.4 is 19.6 Å². The smallest absolute Gasteiger partial charge is 0.255 e. The Morgan fingerprint density at radius 1 is 1.00 bits per heavy atom. The fraction of sp³-hybridized carbons (Fsp3) is 0.217. The quantitative estimate of drug-likeness (QED) is 0.539. The number of carbonyl (C=O) groups is 2. The van der Waals surface area contributed by atoms with Gasteiger partial charge in [-0.05, 0) is 42.5 Å². The molecule has 4 rings (SSSR count). The van der Waals surface area contributed by atoms with E-state index in [-0.39, 0.29) is 18.2 Å². The van der Waals surface area contributed by atoms with Gasteiger partial charge in [0.05, 0.1) is 12.3 Å². The third-order valence-electron chi connectivity index (χ3n) is 4.51. The molecule has 1 N–H and O–H groups in total. The second-order valence-corrected chi connectivity index (χ2v) is 7.47. The van der Waals surface area contributed by atoms with Gasteiger partial charge in [0, 0.05) is 5.39 Å². The van der Waals surface area contributed by atoms with Crippen molar-refractivity contribution in [3.8, 4) is 5.75 Å². The Morgan fingerprint density at radius 2 is 1.69 bits per heavy atom. The number of hydrogen-bond donors (Lipinski definition) is 1. The van der Waals surface area contributed by atoms with E-state index < -0.39 is 0 Å². The molecule has 0 aliphatic carbocycles. The van der Waals surface area contributed by atoms with Crippen LogP contribution in [-0.2, 0) is 9.59 Å². The lowest BCUT2D eigenvalue weighted by atomic mass is 10.1. The van der Waals surface area contributed by atoms with Crippen molar-refractivity contribution in [1.29, 1.82) is 0 Å². The Kier molecular flexibility index (Phi) is 6.92. The molecule has 29 heavy (non-hydrogen) atoms. The first-order valence-corrected chi connectivity index (χ1v) is 10.2. The van der Waals surface area contributed by atoms with Gasteiger partial charge in [0.25, 0.3) is 5.91 Å². The molecular formula is C23H23AlN2O3. The monoisotopic (exact) mass is 402 g/mol. The minimum Gasteiger partial charge on any atom is -0.493 e. The highest BCUT2D eigenvalue weighted by Crippen LogP contribution is 2.28. The summed E-state index contributed by atoms with van der Waals surface area (Å²) in [5.41, 5.74) is 4.46. The Bertz CT molecular complexity index is 1020. The van der Waals surface area contributed by atoms with E-state index in [1.165, 1.54) is 21.3 Å². The number of fused-ring (bicyclic) bond motifs is 1. The zero-order chi connectivity index (χ0) is 20.8. The number of hydrazine groups is 1. The van der Waals surface area contributed by atoms with E-state index in [1.54, 1.807) is 12.1 Å². The average molecular weight is 402 g/mol. The van der Waals surface area contributed by atoms with Gasteiger partial charge < -0.3 is 4.74 Å². The van der Waals surface area contributed by atoms with Gasteiger partial charge >= 0.3 is 0 Å². The summed E-state index contributed by atoms with van der Waals surface area (Å²) >= 11 is 2.55. The molecule has 0 atom stereocenters. The number of nitrogens with one attached hydrogen (secondary N) is 1. The summed E-state index contributed by atoms with van der Waals surface area (Å²) in [6.45, 7) is 5.04. The molecule has 3 aromatic carbocycles. The van der Waals surface area contributed by atoms with Gasteiger partial charge in [-0.25, -0.2) is 5.01 Å². The van der Waals surface area contributed by atoms with Crippen LogP contribution in [0.4, 0.5) is 5.69 Å². The van der Waals surface area contributed by atoms with Crippen LogP contribution in [0.5, 0.6) is 5.75 Å². The molecule has 146 valence electrons. The first-order chi connectivity index (χ1) is 14.0. The Balaban J connectivity index is 0.000000166. The van der Waals surface area contributed by atoms with Crippen LogP contribution >= 0.6 is 0 Å². The third kappa shape index (κ3) is 5.17. The second-order valence-electron chi connectivity index (χ2n) is 6.81. The normalized spacial score (nSPS) is 13.1. The molecule has 1 fully saturated rings.